The number of sulfonamides is 1. The predicted octanol–water partition coefficient (Wildman–Crippen LogP) is 4.02. The summed E-state index contributed by atoms with van der Waals surface area (Å²) in [6.45, 7) is 1.82. The van der Waals surface area contributed by atoms with Crippen LogP contribution in [0, 0.1) is 0 Å². The zero-order chi connectivity index (χ0) is 23.3. The number of carbonyl (C=O) groups excluding carboxylic acids is 1. The smallest absolute Gasteiger partial charge is 0.264 e. The number of ether oxygens (including phenoxy) is 2. The molecule has 7 nitrogen and oxygen atoms in total. The number of anilines is 1. The van der Waals surface area contributed by atoms with Gasteiger partial charge in [0, 0.05) is 12.6 Å². The molecule has 1 atom stereocenters. The molecule has 0 heterocycles. The number of para-hydroxylation sites is 1. The fraction of sp³-hybridized carbons (Fsp3) is 0.208. The Morgan fingerprint density at radius 1 is 0.938 bits per heavy atom. The Morgan fingerprint density at radius 3 is 2.25 bits per heavy atom. The zero-order valence-corrected chi connectivity index (χ0v) is 19.2. The van der Waals surface area contributed by atoms with E-state index in [1.807, 2.05) is 6.92 Å². The molecule has 0 bridgehead atoms. The number of hydrogen-bond donors (Lipinski definition) is 1. The van der Waals surface area contributed by atoms with Crippen LogP contribution < -0.4 is 19.1 Å². The Bertz CT molecular complexity index is 1200. The van der Waals surface area contributed by atoms with Gasteiger partial charge < -0.3 is 14.8 Å². The Hall–Kier alpha value is -3.52. The molecule has 0 aromatic heterocycles. The van der Waals surface area contributed by atoms with Gasteiger partial charge in [-0.2, -0.15) is 0 Å². The lowest BCUT2D eigenvalue weighted by Crippen LogP contribution is -2.32. The number of nitrogens with zero attached hydrogens (tertiary/aromatic N) is 1. The Labute approximate surface area is 188 Å². The molecule has 3 rings (SSSR count). The van der Waals surface area contributed by atoms with Gasteiger partial charge in [0.2, 0.25) is 0 Å². The van der Waals surface area contributed by atoms with Crippen molar-refractivity contribution < 1.29 is 22.7 Å². The van der Waals surface area contributed by atoms with Gasteiger partial charge in [0.25, 0.3) is 15.9 Å². The number of rotatable bonds is 8. The van der Waals surface area contributed by atoms with Gasteiger partial charge in [-0.25, -0.2) is 8.42 Å². The summed E-state index contributed by atoms with van der Waals surface area (Å²) in [4.78, 5) is 13.3. The van der Waals surface area contributed by atoms with Crippen molar-refractivity contribution in [3.63, 3.8) is 0 Å². The fourth-order valence-corrected chi connectivity index (χ4v) is 4.59. The van der Waals surface area contributed by atoms with Gasteiger partial charge >= 0.3 is 0 Å². The molecule has 168 valence electrons. The Morgan fingerprint density at radius 2 is 1.59 bits per heavy atom. The van der Waals surface area contributed by atoms with Crippen LogP contribution in [-0.4, -0.2) is 35.6 Å². The number of benzene rings is 3. The summed E-state index contributed by atoms with van der Waals surface area (Å²) in [6.07, 6.45) is 0. The highest BCUT2D eigenvalue weighted by Gasteiger charge is 2.26. The van der Waals surface area contributed by atoms with Gasteiger partial charge in [-0.1, -0.05) is 30.3 Å². The second-order valence-electron chi connectivity index (χ2n) is 7.11. The molecule has 0 aliphatic carbocycles. The van der Waals surface area contributed by atoms with Crippen LogP contribution in [-0.2, 0) is 10.0 Å². The van der Waals surface area contributed by atoms with E-state index in [4.69, 9.17) is 9.47 Å². The molecule has 0 radical (unpaired) electrons. The van der Waals surface area contributed by atoms with Crippen LogP contribution in [0.25, 0.3) is 0 Å². The SMILES string of the molecule is COc1ccc(OC)c([C@@H](C)NC(=O)c2ccccc2N(C)S(=O)(=O)c2ccccc2)c1. The zero-order valence-electron chi connectivity index (χ0n) is 18.4. The second-order valence-corrected chi connectivity index (χ2v) is 9.08. The van der Waals surface area contributed by atoms with Crippen molar-refractivity contribution in [3.05, 3.63) is 83.9 Å². The monoisotopic (exact) mass is 454 g/mol. The molecule has 0 saturated heterocycles. The van der Waals surface area contributed by atoms with E-state index in [0.717, 1.165) is 9.87 Å². The third-order valence-corrected chi connectivity index (χ3v) is 6.93. The van der Waals surface area contributed by atoms with Gasteiger partial charge in [-0.05, 0) is 49.4 Å². The molecule has 0 fully saturated rings. The summed E-state index contributed by atoms with van der Waals surface area (Å²) in [5.41, 5.74) is 1.25. The summed E-state index contributed by atoms with van der Waals surface area (Å²) in [7, 11) is 0.720. The van der Waals surface area contributed by atoms with Crippen molar-refractivity contribution in [1.29, 1.82) is 0 Å². The highest BCUT2D eigenvalue weighted by atomic mass is 32.2. The van der Waals surface area contributed by atoms with Gasteiger partial charge in [-0.15, -0.1) is 0 Å². The van der Waals surface area contributed by atoms with Gasteiger partial charge in [0.05, 0.1) is 36.4 Å². The van der Waals surface area contributed by atoms with E-state index in [9.17, 15) is 13.2 Å². The number of amides is 1. The maximum Gasteiger partial charge on any atom is 0.264 e. The first-order valence-electron chi connectivity index (χ1n) is 9.95. The first-order chi connectivity index (χ1) is 15.3. The molecule has 1 N–H and O–H groups in total. The first kappa shape index (κ1) is 23.1. The molecule has 0 saturated carbocycles. The van der Waals surface area contributed by atoms with E-state index in [-0.39, 0.29) is 16.1 Å². The van der Waals surface area contributed by atoms with Gasteiger partial charge in [0.15, 0.2) is 0 Å². The average Bonchev–Trinajstić information content (AvgIpc) is 2.83. The summed E-state index contributed by atoms with van der Waals surface area (Å²) >= 11 is 0. The van der Waals surface area contributed by atoms with E-state index >= 15 is 0 Å². The van der Waals surface area contributed by atoms with Crippen LogP contribution in [0.3, 0.4) is 0 Å². The molecule has 1 amide bonds. The standard InChI is InChI=1S/C24H26N2O5S/c1-17(21-16-18(30-3)14-15-23(21)31-4)25-24(27)20-12-8-9-13-22(20)26(2)32(28,29)19-10-6-5-7-11-19/h5-17H,1-4H3,(H,25,27)/t17-/m1/s1. The molecule has 0 aliphatic heterocycles. The lowest BCUT2D eigenvalue weighted by molar-refractivity contribution is 0.0940. The number of nitrogens with one attached hydrogen (secondary N) is 1. The van der Waals surface area contributed by atoms with Crippen LogP contribution >= 0.6 is 0 Å². The molecular formula is C24H26N2O5S. The highest BCUT2D eigenvalue weighted by molar-refractivity contribution is 7.92. The molecule has 3 aromatic rings. The third-order valence-electron chi connectivity index (χ3n) is 5.14. The summed E-state index contributed by atoms with van der Waals surface area (Å²) in [5, 5.41) is 2.93. The minimum atomic E-state index is -3.83. The topological polar surface area (TPSA) is 84.9 Å². The largest absolute Gasteiger partial charge is 0.497 e. The summed E-state index contributed by atoms with van der Waals surface area (Å²) < 4.78 is 38.0. The molecule has 8 heteroatoms. The van der Waals surface area contributed by atoms with Crippen molar-refractivity contribution in [2.24, 2.45) is 0 Å². The summed E-state index contributed by atoms with van der Waals surface area (Å²) in [5.74, 6) is 0.833. The average molecular weight is 455 g/mol. The number of hydrogen-bond acceptors (Lipinski definition) is 5. The molecule has 0 aliphatic rings. The molecule has 32 heavy (non-hydrogen) atoms. The van der Waals surface area contributed by atoms with Crippen molar-refractivity contribution in [3.8, 4) is 11.5 Å². The lowest BCUT2D eigenvalue weighted by atomic mass is 10.1. The highest BCUT2D eigenvalue weighted by Crippen LogP contribution is 2.30. The van der Waals surface area contributed by atoms with E-state index in [1.165, 1.54) is 19.2 Å². The Kier molecular flexibility index (Phi) is 7.05. The van der Waals surface area contributed by atoms with E-state index < -0.39 is 22.0 Å². The van der Waals surface area contributed by atoms with Crippen LogP contribution in [0.2, 0.25) is 0 Å². The lowest BCUT2D eigenvalue weighted by Gasteiger charge is -2.23. The van der Waals surface area contributed by atoms with E-state index in [2.05, 4.69) is 5.32 Å². The quantitative estimate of drug-likeness (QED) is 0.556. The first-order valence-corrected chi connectivity index (χ1v) is 11.4. The van der Waals surface area contributed by atoms with Crippen LogP contribution in [0.5, 0.6) is 11.5 Å². The minimum absolute atomic E-state index is 0.146. The van der Waals surface area contributed by atoms with Crippen molar-refractivity contribution in [2.45, 2.75) is 17.9 Å². The van der Waals surface area contributed by atoms with Crippen LogP contribution in [0.15, 0.2) is 77.7 Å². The molecule has 3 aromatic carbocycles. The normalized spacial score (nSPS) is 12.0. The predicted molar refractivity (Wildman–Crippen MR) is 124 cm³/mol. The van der Waals surface area contributed by atoms with Crippen molar-refractivity contribution >= 4 is 21.6 Å². The Balaban J connectivity index is 1.91. The van der Waals surface area contributed by atoms with Gasteiger partial charge in [-0.3, -0.25) is 9.10 Å². The maximum atomic E-state index is 13.2. The third kappa shape index (κ3) is 4.70. The maximum absolute atomic E-state index is 13.2. The molecular weight excluding hydrogens is 428 g/mol. The molecule has 0 spiro atoms. The van der Waals surface area contributed by atoms with Crippen LogP contribution in [0.4, 0.5) is 5.69 Å². The molecule has 0 unspecified atom stereocenters. The van der Waals surface area contributed by atoms with Gasteiger partial charge in [0.1, 0.15) is 11.5 Å². The summed E-state index contributed by atoms with van der Waals surface area (Å²) in [6, 6.07) is 19.6. The second kappa shape index (κ2) is 9.74. The van der Waals surface area contributed by atoms with Crippen molar-refractivity contribution in [2.75, 3.05) is 25.6 Å². The van der Waals surface area contributed by atoms with E-state index in [0.29, 0.717) is 11.5 Å². The van der Waals surface area contributed by atoms with Crippen LogP contribution in [0.1, 0.15) is 28.9 Å². The number of methoxy groups -OCH3 is 2. The number of carbonyl (C=O) groups is 1. The fourth-order valence-electron chi connectivity index (χ4n) is 3.35. The van der Waals surface area contributed by atoms with Crippen molar-refractivity contribution in [1.82, 2.24) is 5.32 Å². The van der Waals surface area contributed by atoms with E-state index in [1.54, 1.807) is 74.9 Å². The minimum Gasteiger partial charge on any atom is -0.497 e.